The van der Waals surface area contributed by atoms with E-state index in [9.17, 15) is 4.79 Å². The second kappa shape index (κ2) is 5.07. The molecule has 14 heavy (non-hydrogen) atoms. The first-order valence-corrected chi connectivity index (χ1v) is 4.88. The van der Waals surface area contributed by atoms with Gasteiger partial charge in [-0.25, -0.2) is 5.01 Å². The van der Waals surface area contributed by atoms with Crippen LogP contribution >= 0.6 is 0 Å². The van der Waals surface area contributed by atoms with Gasteiger partial charge in [0.1, 0.15) is 0 Å². The molecule has 0 aromatic carbocycles. The maximum absolute atomic E-state index is 11.7. The zero-order valence-corrected chi connectivity index (χ0v) is 8.44. The molecule has 1 heterocycles. The molecule has 0 saturated carbocycles. The molecule has 0 aromatic heterocycles. The summed E-state index contributed by atoms with van der Waals surface area (Å²) in [6.45, 7) is 2.68. The molecular formula is C9H17N3O2. The molecule has 0 fully saturated rings. The Labute approximate surface area is 83.6 Å². The fourth-order valence-corrected chi connectivity index (χ4v) is 1.58. The molecule has 80 valence electrons. The number of carbonyl (C=O) groups excluding carboxylic acids is 1. The lowest BCUT2D eigenvalue weighted by molar-refractivity contribution is -0.132. The molecule has 5 nitrogen and oxygen atoms in total. The number of hydrazone groups is 1. The number of aliphatic hydroxyl groups excluding tert-OH is 1. The summed E-state index contributed by atoms with van der Waals surface area (Å²) in [4.78, 5) is 11.7. The van der Waals surface area contributed by atoms with E-state index >= 15 is 0 Å². The van der Waals surface area contributed by atoms with Crippen LogP contribution in [-0.2, 0) is 4.79 Å². The van der Waals surface area contributed by atoms with Gasteiger partial charge >= 0.3 is 0 Å². The van der Waals surface area contributed by atoms with Crippen LogP contribution in [0.2, 0.25) is 0 Å². The predicted molar refractivity (Wildman–Crippen MR) is 53.7 cm³/mol. The summed E-state index contributed by atoms with van der Waals surface area (Å²) in [6, 6.07) is 0. The minimum Gasteiger partial charge on any atom is -0.394 e. The number of nitrogens with two attached hydrogens (primary N) is 1. The fraction of sp³-hybridized carbons (Fsp3) is 0.778. The number of aliphatic hydroxyl groups is 1. The van der Waals surface area contributed by atoms with Gasteiger partial charge in [0.05, 0.1) is 19.1 Å². The number of amides is 1. The molecule has 0 aromatic rings. The van der Waals surface area contributed by atoms with Gasteiger partial charge in [-0.15, -0.1) is 0 Å². The number of nitrogens with zero attached hydrogens (tertiary/aromatic N) is 2. The molecule has 0 aliphatic carbocycles. The highest BCUT2D eigenvalue weighted by Crippen LogP contribution is 2.19. The number of carbonyl (C=O) groups is 1. The van der Waals surface area contributed by atoms with Crippen LogP contribution in [0.5, 0.6) is 0 Å². The van der Waals surface area contributed by atoms with E-state index < -0.39 is 0 Å². The second-order valence-corrected chi connectivity index (χ2v) is 3.41. The van der Waals surface area contributed by atoms with E-state index in [1.165, 1.54) is 5.01 Å². The lowest BCUT2D eigenvalue weighted by Gasteiger charge is -2.12. The largest absolute Gasteiger partial charge is 0.394 e. The molecule has 1 unspecified atom stereocenters. The minimum absolute atomic E-state index is 0.00926. The molecule has 1 amide bonds. The summed E-state index contributed by atoms with van der Waals surface area (Å²) >= 11 is 0. The van der Waals surface area contributed by atoms with Crippen LogP contribution in [0.4, 0.5) is 0 Å². The maximum atomic E-state index is 11.7. The van der Waals surface area contributed by atoms with E-state index in [2.05, 4.69) is 5.10 Å². The summed E-state index contributed by atoms with van der Waals surface area (Å²) in [5.41, 5.74) is 6.22. The number of hydrogen-bond acceptors (Lipinski definition) is 4. The van der Waals surface area contributed by atoms with Crippen molar-refractivity contribution in [1.29, 1.82) is 0 Å². The van der Waals surface area contributed by atoms with Gasteiger partial charge in [-0.3, -0.25) is 4.79 Å². The van der Waals surface area contributed by atoms with Crippen molar-refractivity contribution in [2.75, 3.05) is 19.7 Å². The average molecular weight is 199 g/mol. The Bertz CT molecular complexity index is 240. The Morgan fingerprint density at radius 2 is 2.36 bits per heavy atom. The summed E-state index contributed by atoms with van der Waals surface area (Å²) < 4.78 is 0. The first kappa shape index (κ1) is 11.1. The van der Waals surface area contributed by atoms with Crippen LogP contribution in [0.15, 0.2) is 5.10 Å². The molecule has 1 rings (SSSR count). The van der Waals surface area contributed by atoms with Crippen molar-refractivity contribution in [1.82, 2.24) is 5.01 Å². The zero-order valence-electron chi connectivity index (χ0n) is 8.44. The van der Waals surface area contributed by atoms with Gasteiger partial charge in [-0.2, -0.15) is 5.10 Å². The Balaban J connectivity index is 2.54. The molecule has 5 heteroatoms. The molecule has 0 radical (unpaired) electrons. The van der Waals surface area contributed by atoms with E-state index in [4.69, 9.17) is 10.8 Å². The van der Waals surface area contributed by atoms with Crippen LogP contribution in [-0.4, -0.2) is 41.4 Å². The normalized spacial score (nSPS) is 21.6. The van der Waals surface area contributed by atoms with Crippen molar-refractivity contribution in [3.63, 3.8) is 0 Å². The van der Waals surface area contributed by atoms with Gasteiger partial charge in [-0.1, -0.05) is 0 Å². The third-order valence-electron chi connectivity index (χ3n) is 2.34. The highest BCUT2D eigenvalue weighted by atomic mass is 16.3. The van der Waals surface area contributed by atoms with E-state index in [1.54, 1.807) is 0 Å². The van der Waals surface area contributed by atoms with E-state index in [1.807, 2.05) is 6.92 Å². The Hall–Kier alpha value is -0.940. The third kappa shape index (κ3) is 2.30. The monoisotopic (exact) mass is 199 g/mol. The van der Waals surface area contributed by atoms with Crippen LogP contribution in [0.1, 0.15) is 19.8 Å². The summed E-state index contributed by atoms with van der Waals surface area (Å²) in [7, 11) is 0. The Kier molecular flexibility index (Phi) is 4.03. The minimum atomic E-state index is -0.120. The van der Waals surface area contributed by atoms with Crippen molar-refractivity contribution in [2.45, 2.75) is 19.8 Å². The third-order valence-corrected chi connectivity index (χ3v) is 2.34. The van der Waals surface area contributed by atoms with Crippen LogP contribution < -0.4 is 5.73 Å². The number of hydrogen-bond donors (Lipinski definition) is 2. The molecular weight excluding hydrogens is 182 g/mol. The van der Waals surface area contributed by atoms with Crippen LogP contribution in [0.25, 0.3) is 0 Å². The van der Waals surface area contributed by atoms with Crippen molar-refractivity contribution in [2.24, 2.45) is 16.8 Å². The summed E-state index contributed by atoms with van der Waals surface area (Å²) in [6.07, 6.45) is 1.59. The molecule has 0 spiro atoms. The fourth-order valence-electron chi connectivity index (χ4n) is 1.58. The highest BCUT2D eigenvalue weighted by Gasteiger charge is 2.32. The van der Waals surface area contributed by atoms with Gasteiger partial charge in [-0.05, 0) is 26.3 Å². The van der Waals surface area contributed by atoms with Crippen molar-refractivity contribution in [3.05, 3.63) is 0 Å². The Morgan fingerprint density at radius 1 is 1.64 bits per heavy atom. The summed E-state index contributed by atoms with van der Waals surface area (Å²) in [5, 5.41) is 14.1. The average Bonchev–Trinajstić information content (AvgIpc) is 2.41. The van der Waals surface area contributed by atoms with Crippen molar-refractivity contribution in [3.8, 4) is 0 Å². The predicted octanol–water partition coefficient (Wildman–Crippen LogP) is -0.448. The van der Waals surface area contributed by atoms with Crippen LogP contribution in [0, 0.1) is 5.92 Å². The molecule has 1 atom stereocenters. The first-order valence-electron chi connectivity index (χ1n) is 4.88. The topological polar surface area (TPSA) is 78.9 Å². The van der Waals surface area contributed by atoms with E-state index in [-0.39, 0.29) is 25.0 Å². The standard InChI is InChI=1S/C9H17N3O2/c1-7-8(3-2-4-10)9(14)12(11-7)5-6-13/h8,13H,2-6,10H2,1H3. The van der Waals surface area contributed by atoms with Gasteiger partial charge < -0.3 is 10.8 Å². The lowest BCUT2D eigenvalue weighted by atomic mass is 9.99. The van der Waals surface area contributed by atoms with E-state index in [0.29, 0.717) is 6.54 Å². The molecule has 0 bridgehead atoms. The highest BCUT2D eigenvalue weighted by molar-refractivity contribution is 6.06. The van der Waals surface area contributed by atoms with Gasteiger partial charge in [0.2, 0.25) is 0 Å². The number of rotatable bonds is 5. The van der Waals surface area contributed by atoms with Crippen molar-refractivity contribution >= 4 is 11.6 Å². The van der Waals surface area contributed by atoms with Crippen molar-refractivity contribution < 1.29 is 9.90 Å². The molecule has 1 aliphatic heterocycles. The van der Waals surface area contributed by atoms with Gasteiger partial charge in [0.25, 0.3) is 5.91 Å². The zero-order chi connectivity index (χ0) is 10.6. The quantitative estimate of drug-likeness (QED) is 0.629. The van der Waals surface area contributed by atoms with Gasteiger partial charge in [0.15, 0.2) is 0 Å². The Morgan fingerprint density at radius 3 is 2.93 bits per heavy atom. The first-order chi connectivity index (χ1) is 6.70. The molecule has 1 aliphatic rings. The summed E-state index contributed by atoms with van der Waals surface area (Å²) in [5.74, 6) is -0.130. The molecule has 3 N–H and O–H groups in total. The van der Waals surface area contributed by atoms with Crippen LogP contribution in [0.3, 0.4) is 0 Å². The lowest BCUT2D eigenvalue weighted by Crippen LogP contribution is -2.29. The maximum Gasteiger partial charge on any atom is 0.251 e. The number of β-amino-alcohol motifs (C(OH)–C–C–N with tert-alkyl or cyclic N) is 1. The van der Waals surface area contributed by atoms with Gasteiger partial charge in [0, 0.05) is 5.71 Å². The smallest absolute Gasteiger partial charge is 0.251 e. The molecule has 0 saturated heterocycles. The van der Waals surface area contributed by atoms with E-state index in [0.717, 1.165) is 18.6 Å². The second-order valence-electron chi connectivity index (χ2n) is 3.41. The SMILES string of the molecule is CC1=NN(CCO)C(=O)C1CCCN.